The van der Waals surface area contributed by atoms with Gasteiger partial charge in [0.2, 0.25) is 0 Å². The molecule has 0 spiro atoms. The molecule has 0 bridgehead atoms. The number of methoxy groups -OCH3 is 1. The fourth-order valence-electron chi connectivity index (χ4n) is 3.66. The van der Waals surface area contributed by atoms with E-state index >= 15 is 0 Å². The Morgan fingerprint density at radius 2 is 2.15 bits per heavy atom. The highest BCUT2D eigenvalue weighted by molar-refractivity contribution is 5.91. The predicted octanol–water partition coefficient (Wildman–Crippen LogP) is 3.90. The summed E-state index contributed by atoms with van der Waals surface area (Å²) in [4.78, 5) is 12.5. The Kier molecular flexibility index (Phi) is 4.48. The highest BCUT2D eigenvalue weighted by atomic mass is 16.6. The van der Waals surface area contributed by atoms with Crippen LogP contribution in [0.15, 0.2) is 40.9 Å². The maximum absolute atomic E-state index is 12.5. The molecule has 0 aliphatic heterocycles. The smallest absolute Gasteiger partial charge is 0.287 e. The number of carbonyl (C=O) groups is 1. The summed E-state index contributed by atoms with van der Waals surface area (Å²) >= 11 is 0. The van der Waals surface area contributed by atoms with Gasteiger partial charge in [-0.3, -0.25) is 4.79 Å². The Balaban J connectivity index is 1.62. The van der Waals surface area contributed by atoms with Crippen LogP contribution in [0.5, 0.6) is 5.95 Å². The van der Waals surface area contributed by atoms with Crippen LogP contribution in [-0.4, -0.2) is 22.8 Å². The van der Waals surface area contributed by atoms with Crippen LogP contribution in [0.3, 0.4) is 0 Å². The first-order valence-corrected chi connectivity index (χ1v) is 9.16. The molecule has 27 heavy (non-hydrogen) atoms. The van der Waals surface area contributed by atoms with Gasteiger partial charge in [0.05, 0.1) is 25.0 Å². The molecule has 1 aromatic carbocycles. The molecule has 0 unspecified atom stereocenters. The molecule has 2 aromatic heterocycles. The summed E-state index contributed by atoms with van der Waals surface area (Å²) < 4.78 is 12.4. The van der Waals surface area contributed by atoms with Gasteiger partial charge in [0.1, 0.15) is 0 Å². The molecule has 0 radical (unpaired) electrons. The highest BCUT2D eigenvalue weighted by Gasteiger charge is 2.27. The number of furan rings is 1. The fourth-order valence-corrected chi connectivity index (χ4v) is 3.66. The Hall–Kier alpha value is -3.02. The standard InChI is InChI=1S/C21H23N3O3/c1-13-6-4-8-17(14(13)2)24-18-9-5-7-16(15(18)12-22-24)23-21(25)19-10-11-20(26-3)27-19/h4,6,8,10-12,16H,5,7,9H2,1-3H3,(H,23,25)/t16-/m0/s1. The largest absolute Gasteiger partial charge is 0.468 e. The minimum Gasteiger partial charge on any atom is -0.468 e. The number of rotatable bonds is 4. The van der Waals surface area contributed by atoms with E-state index in [4.69, 9.17) is 9.15 Å². The van der Waals surface area contributed by atoms with E-state index in [1.54, 1.807) is 12.1 Å². The van der Waals surface area contributed by atoms with E-state index in [-0.39, 0.29) is 17.7 Å². The van der Waals surface area contributed by atoms with Crippen molar-refractivity contribution in [3.05, 3.63) is 64.7 Å². The van der Waals surface area contributed by atoms with Gasteiger partial charge in [-0.2, -0.15) is 5.10 Å². The van der Waals surface area contributed by atoms with Crippen LogP contribution in [-0.2, 0) is 6.42 Å². The Morgan fingerprint density at radius 3 is 2.93 bits per heavy atom. The number of aromatic nitrogens is 2. The van der Waals surface area contributed by atoms with Gasteiger partial charge in [-0.1, -0.05) is 12.1 Å². The van der Waals surface area contributed by atoms with Crippen LogP contribution in [0.25, 0.3) is 5.69 Å². The Labute approximate surface area is 158 Å². The number of nitrogens with one attached hydrogen (secondary N) is 1. The molecule has 1 aliphatic carbocycles. The number of benzene rings is 1. The van der Waals surface area contributed by atoms with Gasteiger partial charge in [-0.05, 0) is 56.4 Å². The summed E-state index contributed by atoms with van der Waals surface area (Å²) in [5.41, 5.74) is 5.80. The average molecular weight is 365 g/mol. The number of aryl methyl sites for hydroxylation is 1. The monoisotopic (exact) mass is 365 g/mol. The molecule has 0 saturated carbocycles. The number of hydrogen-bond acceptors (Lipinski definition) is 4. The second-order valence-electron chi connectivity index (χ2n) is 6.92. The molecule has 140 valence electrons. The van der Waals surface area contributed by atoms with Crippen LogP contribution in [0, 0.1) is 13.8 Å². The van der Waals surface area contributed by atoms with Gasteiger partial charge >= 0.3 is 0 Å². The van der Waals surface area contributed by atoms with Crippen LogP contribution >= 0.6 is 0 Å². The number of ether oxygens (including phenoxy) is 1. The first kappa shape index (κ1) is 17.4. The third-order valence-electron chi connectivity index (χ3n) is 5.30. The molecule has 0 fully saturated rings. The van der Waals surface area contributed by atoms with Crippen molar-refractivity contribution in [2.24, 2.45) is 0 Å². The van der Waals surface area contributed by atoms with E-state index in [1.807, 2.05) is 10.9 Å². The van der Waals surface area contributed by atoms with Gasteiger partial charge < -0.3 is 14.5 Å². The van der Waals surface area contributed by atoms with Crippen LogP contribution in [0.4, 0.5) is 0 Å². The molecule has 6 heteroatoms. The van der Waals surface area contributed by atoms with Crippen molar-refractivity contribution in [1.82, 2.24) is 15.1 Å². The van der Waals surface area contributed by atoms with Crippen LogP contribution in [0.2, 0.25) is 0 Å². The maximum atomic E-state index is 12.5. The highest BCUT2D eigenvalue weighted by Crippen LogP contribution is 2.32. The van der Waals surface area contributed by atoms with E-state index in [9.17, 15) is 4.79 Å². The molecule has 1 aliphatic rings. The second kappa shape index (κ2) is 6.95. The zero-order valence-corrected chi connectivity index (χ0v) is 15.8. The topological polar surface area (TPSA) is 69.3 Å². The lowest BCUT2D eigenvalue weighted by Gasteiger charge is -2.24. The third kappa shape index (κ3) is 3.12. The molecular weight excluding hydrogens is 342 g/mol. The summed E-state index contributed by atoms with van der Waals surface area (Å²) in [6, 6.07) is 9.44. The zero-order chi connectivity index (χ0) is 19.0. The van der Waals surface area contributed by atoms with Crippen molar-refractivity contribution in [2.45, 2.75) is 39.2 Å². The van der Waals surface area contributed by atoms with Gasteiger partial charge in [0.15, 0.2) is 5.76 Å². The van der Waals surface area contributed by atoms with Gasteiger partial charge in [0.25, 0.3) is 11.9 Å². The number of nitrogens with zero attached hydrogens (tertiary/aromatic N) is 2. The Morgan fingerprint density at radius 1 is 1.30 bits per heavy atom. The van der Waals surface area contributed by atoms with Gasteiger partial charge in [-0.25, -0.2) is 4.68 Å². The summed E-state index contributed by atoms with van der Waals surface area (Å²) in [5.74, 6) is 0.337. The number of amides is 1. The summed E-state index contributed by atoms with van der Waals surface area (Å²) in [7, 11) is 1.51. The molecule has 1 atom stereocenters. The average Bonchev–Trinajstić information content (AvgIpc) is 3.31. The van der Waals surface area contributed by atoms with Gasteiger partial charge in [-0.15, -0.1) is 0 Å². The maximum Gasteiger partial charge on any atom is 0.287 e. The van der Waals surface area contributed by atoms with Crippen LogP contribution < -0.4 is 10.1 Å². The van der Waals surface area contributed by atoms with E-state index in [1.165, 1.54) is 18.2 Å². The predicted molar refractivity (Wildman–Crippen MR) is 101 cm³/mol. The second-order valence-corrected chi connectivity index (χ2v) is 6.92. The number of carbonyl (C=O) groups excluding carboxylic acids is 1. The SMILES string of the molecule is COc1ccc(C(=O)N[C@H]2CCCc3c2cnn3-c2cccc(C)c2C)o1. The lowest BCUT2D eigenvalue weighted by atomic mass is 9.92. The molecular formula is C21H23N3O3. The lowest BCUT2D eigenvalue weighted by molar-refractivity contribution is 0.0898. The number of fused-ring (bicyclic) bond motifs is 1. The van der Waals surface area contributed by atoms with E-state index in [0.29, 0.717) is 5.95 Å². The number of hydrogen-bond donors (Lipinski definition) is 1. The van der Waals surface area contributed by atoms with Gasteiger partial charge in [0, 0.05) is 17.3 Å². The minimum atomic E-state index is -0.240. The van der Waals surface area contributed by atoms with E-state index in [2.05, 4.69) is 42.5 Å². The molecule has 1 amide bonds. The van der Waals surface area contributed by atoms with Crippen molar-refractivity contribution in [1.29, 1.82) is 0 Å². The normalized spacial score (nSPS) is 16.0. The summed E-state index contributed by atoms with van der Waals surface area (Å²) in [6.45, 7) is 4.22. The van der Waals surface area contributed by atoms with E-state index in [0.717, 1.165) is 36.2 Å². The summed E-state index contributed by atoms with van der Waals surface area (Å²) in [6.07, 6.45) is 4.71. The molecule has 4 rings (SSSR count). The van der Waals surface area contributed by atoms with Crippen molar-refractivity contribution >= 4 is 5.91 Å². The molecule has 0 saturated heterocycles. The fraction of sp³-hybridized carbons (Fsp3) is 0.333. The van der Waals surface area contributed by atoms with Crippen molar-refractivity contribution in [2.75, 3.05) is 7.11 Å². The van der Waals surface area contributed by atoms with Crippen molar-refractivity contribution < 1.29 is 13.9 Å². The molecule has 1 N–H and O–H groups in total. The molecule has 2 heterocycles. The quantitative estimate of drug-likeness (QED) is 0.761. The summed E-state index contributed by atoms with van der Waals surface area (Å²) in [5, 5.41) is 7.72. The molecule has 3 aromatic rings. The lowest BCUT2D eigenvalue weighted by Crippen LogP contribution is -2.30. The van der Waals surface area contributed by atoms with Crippen molar-refractivity contribution in [3.63, 3.8) is 0 Å². The first-order valence-electron chi connectivity index (χ1n) is 9.16. The third-order valence-corrected chi connectivity index (χ3v) is 5.30. The minimum absolute atomic E-state index is 0.0730. The zero-order valence-electron chi connectivity index (χ0n) is 15.8. The Bertz CT molecular complexity index is 986. The first-order chi connectivity index (χ1) is 13.1. The van der Waals surface area contributed by atoms with Crippen LogP contribution in [0.1, 0.15) is 51.8 Å². The van der Waals surface area contributed by atoms with Crippen molar-refractivity contribution in [3.8, 4) is 11.6 Å². The molecule has 6 nitrogen and oxygen atoms in total. The van der Waals surface area contributed by atoms with E-state index < -0.39 is 0 Å².